The first-order valence-corrected chi connectivity index (χ1v) is 15.8. The van der Waals surface area contributed by atoms with E-state index in [4.69, 9.17) is 47.4 Å². The Morgan fingerprint density at radius 2 is 1.49 bits per heavy atom. The summed E-state index contributed by atoms with van der Waals surface area (Å²) in [6, 6.07) is 9.68. The molecule has 0 unspecified atom stereocenters. The minimum atomic E-state index is -1.36. The zero-order valence-electron chi connectivity index (χ0n) is 28.0. The number of hydrogen-bond acceptors (Lipinski definition) is 16. The molecular formula is C32H41N3O14. The van der Waals surface area contributed by atoms with Crippen LogP contribution in [-0.4, -0.2) is 107 Å². The fourth-order valence-corrected chi connectivity index (χ4v) is 5.90. The number of carbonyl (C=O) groups is 4. The first kappa shape index (κ1) is 36.3. The highest BCUT2D eigenvalue weighted by Crippen LogP contribution is 2.44. The van der Waals surface area contributed by atoms with Crippen LogP contribution in [-0.2, 0) is 79.7 Å². The van der Waals surface area contributed by atoms with Gasteiger partial charge in [-0.25, -0.2) is 4.68 Å². The second kappa shape index (κ2) is 15.7. The molecule has 49 heavy (non-hydrogen) atoms. The number of aromatic nitrogens is 3. The van der Waals surface area contributed by atoms with Gasteiger partial charge >= 0.3 is 23.9 Å². The predicted molar refractivity (Wildman–Crippen MR) is 161 cm³/mol. The van der Waals surface area contributed by atoms with E-state index in [1.54, 1.807) is 24.7 Å². The number of benzene rings is 1. The Kier molecular flexibility index (Phi) is 11.6. The molecule has 2 aromatic rings. The standard InChI is InChI=1S/C32H41N3O14/c1-17(36)41-16-23-25(43-18(2)37)27(44-19(3)38)28(45-20(4)39)30(46-23)40-13-12-35-22(14-33-34-35)24-26(42-15-21-10-8-7-9-11-21)29-31(47-24)49-32(5,6)48-29/h7-11,14,23-31H,12-13,15-16H2,1-6H3/t23-,24-,25-,26-,27+,28-,29-,30-,31-/m1/s1. The molecule has 17 nitrogen and oxygen atoms in total. The molecule has 0 radical (unpaired) electrons. The van der Waals surface area contributed by atoms with E-state index in [-0.39, 0.29) is 19.8 Å². The van der Waals surface area contributed by atoms with Crippen molar-refractivity contribution in [1.82, 2.24) is 15.0 Å². The van der Waals surface area contributed by atoms with Crippen molar-refractivity contribution in [3.8, 4) is 0 Å². The van der Waals surface area contributed by atoms with E-state index in [1.165, 1.54) is 6.92 Å². The van der Waals surface area contributed by atoms with Crippen LogP contribution in [0.25, 0.3) is 0 Å². The highest BCUT2D eigenvalue weighted by molar-refractivity contribution is 5.68. The molecule has 0 bridgehead atoms. The van der Waals surface area contributed by atoms with E-state index in [2.05, 4.69) is 10.3 Å². The second-order valence-electron chi connectivity index (χ2n) is 12.1. The van der Waals surface area contributed by atoms with Gasteiger partial charge in [-0.3, -0.25) is 19.2 Å². The maximum absolute atomic E-state index is 12.1. The summed E-state index contributed by atoms with van der Waals surface area (Å²) in [4.78, 5) is 47.9. The number of esters is 4. The van der Waals surface area contributed by atoms with Crippen LogP contribution in [0.3, 0.4) is 0 Å². The molecule has 4 heterocycles. The van der Waals surface area contributed by atoms with Gasteiger partial charge in [0.05, 0.1) is 31.6 Å². The van der Waals surface area contributed by atoms with Gasteiger partial charge in [0, 0.05) is 27.7 Å². The largest absolute Gasteiger partial charge is 0.463 e. The average molecular weight is 692 g/mol. The van der Waals surface area contributed by atoms with Gasteiger partial charge in [-0.05, 0) is 19.4 Å². The van der Waals surface area contributed by atoms with Crippen LogP contribution < -0.4 is 0 Å². The molecule has 1 aromatic heterocycles. The van der Waals surface area contributed by atoms with Crippen LogP contribution in [0.5, 0.6) is 0 Å². The monoisotopic (exact) mass is 691 g/mol. The van der Waals surface area contributed by atoms with Crippen LogP contribution in [0.1, 0.15) is 58.9 Å². The lowest BCUT2D eigenvalue weighted by atomic mass is 9.98. The van der Waals surface area contributed by atoms with E-state index >= 15 is 0 Å². The summed E-state index contributed by atoms with van der Waals surface area (Å²) in [6.45, 7) is 8.17. The second-order valence-corrected chi connectivity index (χ2v) is 12.1. The Balaban J connectivity index is 1.33. The molecule has 5 rings (SSSR count). The van der Waals surface area contributed by atoms with Crippen molar-refractivity contribution in [3.63, 3.8) is 0 Å². The van der Waals surface area contributed by atoms with E-state index in [0.717, 1.165) is 26.3 Å². The molecule has 3 aliphatic rings. The normalized spacial score (nSPS) is 30.3. The van der Waals surface area contributed by atoms with Gasteiger partial charge in [-0.2, -0.15) is 0 Å². The molecule has 3 saturated heterocycles. The van der Waals surface area contributed by atoms with Gasteiger partial charge in [0.1, 0.15) is 31.0 Å². The summed E-state index contributed by atoms with van der Waals surface area (Å²) in [5, 5.41) is 8.29. The SMILES string of the molecule is CC(=O)OC[C@H]1O[C@@H](OCCn2nncc2[C@H]2O[C@@H]3OC(C)(C)O[C@@H]3[C@@H]2OCc2ccccc2)[C@H](OC(C)=O)[C@@H](OC(C)=O)[C@@H]1OC(C)=O. The predicted octanol–water partition coefficient (Wildman–Crippen LogP) is 1.51. The first-order chi connectivity index (χ1) is 23.3. The van der Waals surface area contributed by atoms with Gasteiger partial charge in [0.25, 0.3) is 0 Å². The maximum Gasteiger partial charge on any atom is 0.303 e. The number of ether oxygens (including phenoxy) is 10. The van der Waals surface area contributed by atoms with E-state index in [1.807, 2.05) is 30.3 Å². The van der Waals surface area contributed by atoms with Crippen molar-refractivity contribution < 1.29 is 66.5 Å². The van der Waals surface area contributed by atoms with Gasteiger partial charge < -0.3 is 47.4 Å². The smallest absolute Gasteiger partial charge is 0.303 e. The highest BCUT2D eigenvalue weighted by Gasteiger charge is 2.57. The van der Waals surface area contributed by atoms with Crippen LogP contribution in [0.2, 0.25) is 0 Å². The van der Waals surface area contributed by atoms with Crippen molar-refractivity contribution in [3.05, 3.63) is 47.8 Å². The number of carbonyl (C=O) groups excluding carboxylic acids is 4. The van der Waals surface area contributed by atoms with E-state index in [9.17, 15) is 19.2 Å². The summed E-state index contributed by atoms with van der Waals surface area (Å²) >= 11 is 0. The summed E-state index contributed by atoms with van der Waals surface area (Å²) in [6.07, 6.45) is -7.43. The lowest BCUT2D eigenvalue weighted by Gasteiger charge is -2.44. The molecular weight excluding hydrogens is 650 g/mol. The molecule has 0 spiro atoms. The number of nitrogens with zero attached hydrogens (tertiary/aromatic N) is 3. The van der Waals surface area contributed by atoms with Crippen LogP contribution >= 0.6 is 0 Å². The molecule has 268 valence electrons. The lowest BCUT2D eigenvalue weighted by Crippen LogP contribution is -2.63. The number of hydrogen-bond donors (Lipinski definition) is 0. The third-order valence-corrected chi connectivity index (χ3v) is 7.75. The molecule has 17 heteroatoms. The minimum Gasteiger partial charge on any atom is -0.463 e. The van der Waals surface area contributed by atoms with Gasteiger partial charge in [0.15, 0.2) is 36.7 Å². The third kappa shape index (κ3) is 9.17. The Hall–Kier alpha value is -4.00. The fraction of sp³-hybridized carbons (Fsp3) is 0.625. The molecule has 0 N–H and O–H groups in total. The van der Waals surface area contributed by atoms with Crippen molar-refractivity contribution in [1.29, 1.82) is 0 Å². The third-order valence-electron chi connectivity index (χ3n) is 7.75. The Bertz CT molecular complexity index is 1470. The average Bonchev–Trinajstić information content (AvgIpc) is 3.69. The number of rotatable bonds is 13. The molecule has 3 fully saturated rings. The van der Waals surface area contributed by atoms with Crippen LogP contribution in [0.4, 0.5) is 0 Å². The molecule has 3 aliphatic heterocycles. The Morgan fingerprint density at radius 3 is 2.16 bits per heavy atom. The molecule has 1 aromatic carbocycles. The van der Waals surface area contributed by atoms with Crippen LogP contribution in [0.15, 0.2) is 36.5 Å². The van der Waals surface area contributed by atoms with Gasteiger partial charge in [-0.1, -0.05) is 35.5 Å². The molecule has 0 saturated carbocycles. The molecule has 9 atom stereocenters. The molecule has 0 aliphatic carbocycles. The minimum absolute atomic E-state index is 0.0841. The summed E-state index contributed by atoms with van der Waals surface area (Å²) in [7, 11) is 0. The lowest BCUT2D eigenvalue weighted by molar-refractivity contribution is -0.308. The summed E-state index contributed by atoms with van der Waals surface area (Å²) < 4.78 is 59.9. The van der Waals surface area contributed by atoms with Crippen molar-refractivity contribution in [2.45, 2.75) is 116 Å². The van der Waals surface area contributed by atoms with E-state index < -0.39 is 85.0 Å². The Morgan fingerprint density at radius 1 is 0.816 bits per heavy atom. The Labute approximate surface area is 282 Å². The van der Waals surface area contributed by atoms with Crippen molar-refractivity contribution in [2.24, 2.45) is 0 Å². The zero-order valence-corrected chi connectivity index (χ0v) is 28.0. The van der Waals surface area contributed by atoms with Crippen molar-refractivity contribution in [2.75, 3.05) is 13.2 Å². The number of fused-ring (bicyclic) bond motifs is 1. The quantitative estimate of drug-likeness (QED) is 0.217. The maximum atomic E-state index is 12.1. The van der Waals surface area contributed by atoms with Crippen molar-refractivity contribution >= 4 is 23.9 Å². The highest BCUT2D eigenvalue weighted by atomic mass is 16.8. The fourth-order valence-electron chi connectivity index (χ4n) is 5.90. The zero-order chi connectivity index (χ0) is 35.3. The topological polar surface area (TPSA) is 191 Å². The summed E-state index contributed by atoms with van der Waals surface area (Å²) in [5.41, 5.74) is 1.52. The van der Waals surface area contributed by atoms with Gasteiger partial charge in [-0.15, -0.1) is 5.10 Å². The van der Waals surface area contributed by atoms with Crippen LogP contribution in [0, 0.1) is 0 Å². The van der Waals surface area contributed by atoms with Gasteiger partial charge in [0.2, 0.25) is 0 Å². The molecule has 0 amide bonds. The summed E-state index contributed by atoms with van der Waals surface area (Å²) in [5.74, 6) is -3.72. The first-order valence-electron chi connectivity index (χ1n) is 15.8. The van der Waals surface area contributed by atoms with E-state index in [0.29, 0.717) is 12.3 Å².